The summed E-state index contributed by atoms with van der Waals surface area (Å²) < 4.78 is 12.9. The lowest BCUT2D eigenvalue weighted by molar-refractivity contribution is -0.146. The molecule has 23 heavy (non-hydrogen) atoms. The van der Waals surface area contributed by atoms with Crippen molar-refractivity contribution in [1.29, 1.82) is 0 Å². The van der Waals surface area contributed by atoms with Crippen molar-refractivity contribution in [3.63, 3.8) is 0 Å². The molecule has 0 rings (SSSR count). The van der Waals surface area contributed by atoms with Crippen LogP contribution in [0.1, 0.15) is 6.92 Å². The van der Waals surface area contributed by atoms with Crippen LogP contribution in [0.25, 0.3) is 0 Å². The predicted octanol–water partition coefficient (Wildman–Crippen LogP) is -0.860. The van der Waals surface area contributed by atoms with E-state index in [9.17, 15) is 14.4 Å². The monoisotopic (exact) mass is 330 g/mol. The van der Waals surface area contributed by atoms with E-state index in [1.165, 1.54) is 25.2 Å². The largest absolute Gasteiger partial charge is 0.436 e. The average Bonchev–Trinajstić information content (AvgIpc) is 2.50. The van der Waals surface area contributed by atoms with Gasteiger partial charge in [0.25, 0.3) is 0 Å². The highest BCUT2D eigenvalue weighted by molar-refractivity contribution is 5.84. The summed E-state index contributed by atoms with van der Waals surface area (Å²) in [6, 6.07) is 0. The number of carbonyl (C=O) groups excluding carboxylic acids is 3. The second-order valence-corrected chi connectivity index (χ2v) is 4.14. The number of carbonyl (C=O) groups is 3. The van der Waals surface area contributed by atoms with E-state index >= 15 is 0 Å². The molecule has 0 aliphatic heterocycles. The van der Waals surface area contributed by atoms with Crippen molar-refractivity contribution in [3.8, 4) is 0 Å². The van der Waals surface area contributed by atoms with Crippen molar-refractivity contribution < 1.29 is 43.9 Å². The van der Waals surface area contributed by atoms with Crippen LogP contribution in [0.4, 0.5) is 0 Å². The molecular weight excluding hydrogens is 312 g/mol. The summed E-state index contributed by atoms with van der Waals surface area (Å²) in [4.78, 5) is 33.6. The second-order valence-electron chi connectivity index (χ2n) is 4.14. The Balaban J connectivity index is 5.21. The first kappa shape index (κ1) is 20.5. The van der Waals surface area contributed by atoms with Crippen LogP contribution in [0.3, 0.4) is 0 Å². The van der Waals surface area contributed by atoms with Crippen molar-refractivity contribution in [2.45, 2.75) is 6.92 Å². The molecule has 0 aromatic rings. The van der Waals surface area contributed by atoms with Gasteiger partial charge >= 0.3 is 17.9 Å². The van der Waals surface area contributed by atoms with E-state index in [4.69, 9.17) is 15.3 Å². The molecule has 0 fully saturated rings. The zero-order chi connectivity index (χ0) is 17.7. The van der Waals surface area contributed by atoms with Crippen LogP contribution in [0.2, 0.25) is 0 Å². The zero-order valence-electron chi connectivity index (χ0n) is 12.4. The standard InChI is InChI=1S/C14H18O9/c1-14(5-2-11(18)21-8-15,6-3-12(19)22-9-16)7-4-13(20)23-10-17/h2-7,15-17H,8-10H2,1H3. The van der Waals surface area contributed by atoms with E-state index < -0.39 is 43.7 Å². The topological polar surface area (TPSA) is 140 Å². The maximum atomic E-state index is 11.2. The first-order valence-electron chi connectivity index (χ1n) is 6.27. The molecule has 0 aromatic heterocycles. The molecule has 0 aromatic carbocycles. The van der Waals surface area contributed by atoms with E-state index in [2.05, 4.69) is 14.2 Å². The van der Waals surface area contributed by atoms with Gasteiger partial charge in [-0.15, -0.1) is 0 Å². The number of aliphatic hydroxyl groups excluding tert-OH is 3. The molecule has 128 valence electrons. The quantitative estimate of drug-likeness (QED) is 0.213. The zero-order valence-corrected chi connectivity index (χ0v) is 12.4. The van der Waals surface area contributed by atoms with Gasteiger partial charge in [0.2, 0.25) is 0 Å². The first-order chi connectivity index (χ1) is 10.9. The van der Waals surface area contributed by atoms with Gasteiger partial charge in [0.1, 0.15) is 0 Å². The minimum atomic E-state index is -1.10. The molecule has 0 bridgehead atoms. The van der Waals surface area contributed by atoms with E-state index in [0.29, 0.717) is 0 Å². The van der Waals surface area contributed by atoms with Crippen molar-refractivity contribution in [2.75, 3.05) is 20.4 Å². The lowest BCUT2D eigenvalue weighted by atomic mass is 9.89. The minimum Gasteiger partial charge on any atom is -0.436 e. The third-order valence-electron chi connectivity index (χ3n) is 2.36. The number of allylic oxidation sites excluding steroid dienone is 3. The van der Waals surface area contributed by atoms with Crippen molar-refractivity contribution in [3.05, 3.63) is 36.5 Å². The molecule has 0 aliphatic rings. The summed E-state index contributed by atoms with van der Waals surface area (Å²) in [5.41, 5.74) is -1.10. The van der Waals surface area contributed by atoms with E-state index in [1.807, 2.05) is 0 Å². The first-order valence-corrected chi connectivity index (χ1v) is 6.27. The molecular formula is C14H18O9. The molecule has 0 heterocycles. The van der Waals surface area contributed by atoms with E-state index in [-0.39, 0.29) is 0 Å². The number of ether oxygens (including phenoxy) is 3. The molecule has 0 aliphatic carbocycles. The minimum absolute atomic E-state index is 0.794. The molecule has 0 amide bonds. The molecule has 0 saturated carbocycles. The predicted molar refractivity (Wildman–Crippen MR) is 75.1 cm³/mol. The van der Waals surface area contributed by atoms with Crippen molar-refractivity contribution >= 4 is 17.9 Å². The van der Waals surface area contributed by atoms with Crippen molar-refractivity contribution in [2.24, 2.45) is 5.41 Å². The lowest BCUT2D eigenvalue weighted by Crippen LogP contribution is -2.11. The van der Waals surface area contributed by atoms with Gasteiger partial charge in [0, 0.05) is 23.6 Å². The molecule has 9 nitrogen and oxygen atoms in total. The van der Waals surface area contributed by atoms with Crippen molar-refractivity contribution in [1.82, 2.24) is 0 Å². The SMILES string of the molecule is CC(C=CC(=O)OCO)(C=CC(=O)OCO)C=CC(=O)OCO. The van der Waals surface area contributed by atoms with Crippen LogP contribution < -0.4 is 0 Å². The van der Waals surface area contributed by atoms with Crippen LogP contribution in [0, 0.1) is 5.41 Å². The Labute approximate surface area is 132 Å². The summed E-state index contributed by atoms with van der Waals surface area (Å²) in [5, 5.41) is 25.4. The fourth-order valence-corrected chi connectivity index (χ4v) is 1.24. The van der Waals surface area contributed by atoms with Gasteiger partial charge in [-0.1, -0.05) is 18.2 Å². The second kappa shape index (κ2) is 11.1. The molecule has 0 unspecified atom stereocenters. The van der Waals surface area contributed by atoms with E-state index in [1.54, 1.807) is 0 Å². The summed E-state index contributed by atoms with van der Waals surface area (Å²) >= 11 is 0. The van der Waals surface area contributed by atoms with Gasteiger partial charge < -0.3 is 29.5 Å². The lowest BCUT2D eigenvalue weighted by Gasteiger charge is -2.16. The average molecular weight is 330 g/mol. The van der Waals surface area contributed by atoms with Gasteiger partial charge in [-0.05, 0) is 6.92 Å². The van der Waals surface area contributed by atoms with Gasteiger partial charge in [-0.3, -0.25) is 0 Å². The fourth-order valence-electron chi connectivity index (χ4n) is 1.24. The van der Waals surface area contributed by atoms with Crippen LogP contribution in [0.15, 0.2) is 36.5 Å². The Morgan fingerprint density at radius 2 is 1.00 bits per heavy atom. The number of aliphatic hydroxyl groups is 3. The molecule has 0 saturated heterocycles. The Morgan fingerprint density at radius 1 is 0.739 bits per heavy atom. The smallest absolute Gasteiger partial charge is 0.332 e. The Bertz CT molecular complexity index is 421. The van der Waals surface area contributed by atoms with Gasteiger partial charge in [0.15, 0.2) is 20.4 Å². The highest BCUT2D eigenvalue weighted by Crippen LogP contribution is 2.23. The number of esters is 3. The molecule has 0 radical (unpaired) electrons. The highest BCUT2D eigenvalue weighted by Gasteiger charge is 2.16. The Kier molecular flexibility index (Phi) is 9.92. The normalized spacial score (nSPS) is 14.1. The molecule has 0 atom stereocenters. The maximum absolute atomic E-state index is 11.2. The summed E-state index contributed by atoms with van der Waals surface area (Å²) in [5.74, 6) is -2.51. The third-order valence-corrected chi connectivity index (χ3v) is 2.36. The Morgan fingerprint density at radius 3 is 1.22 bits per heavy atom. The molecule has 9 heteroatoms. The van der Waals surface area contributed by atoms with Crippen LogP contribution in [-0.4, -0.2) is 53.6 Å². The third kappa shape index (κ3) is 9.96. The number of rotatable bonds is 9. The number of hydrogen-bond donors (Lipinski definition) is 3. The number of hydrogen-bond acceptors (Lipinski definition) is 9. The summed E-state index contributed by atoms with van der Waals surface area (Å²) in [6.45, 7) is -0.854. The van der Waals surface area contributed by atoms with Gasteiger partial charge in [0.05, 0.1) is 0 Å². The Hall–Kier alpha value is -2.49. The fraction of sp³-hybridized carbons (Fsp3) is 0.357. The highest BCUT2D eigenvalue weighted by atomic mass is 16.6. The maximum Gasteiger partial charge on any atom is 0.332 e. The molecule has 0 spiro atoms. The summed E-state index contributed by atoms with van der Waals surface area (Å²) in [7, 11) is 0. The molecule has 3 N–H and O–H groups in total. The van der Waals surface area contributed by atoms with Crippen LogP contribution in [-0.2, 0) is 28.6 Å². The summed E-state index contributed by atoms with van der Waals surface area (Å²) in [6.07, 6.45) is 6.82. The van der Waals surface area contributed by atoms with Gasteiger partial charge in [-0.2, -0.15) is 0 Å². The van der Waals surface area contributed by atoms with Crippen LogP contribution >= 0.6 is 0 Å². The van der Waals surface area contributed by atoms with Crippen LogP contribution in [0.5, 0.6) is 0 Å². The van der Waals surface area contributed by atoms with E-state index in [0.717, 1.165) is 18.2 Å². The van der Waals surface area contributed by atoms with Gasteiger partial charge in [-0.25, -0.2) is 14.4 Å².